The van der Waals surface area contributed by atoms with Crippen LogP contribution >= 0.6 is 12.8 Å². The number of nitrogens with one attached hydrogen (secondary N) is 2. The number of carbonyl (C=O) groups is 2. The normalized spacial score (nSPS) is 6.86. The van der Waals surface area contributed by atoms with Crippen molar-refractivity contribution in [1.29, 1.82) is 0 Å². The van der Waals surface area contributed by atoms with Gasteiger partial charge in [-0.2, -0.15) is 0 Å². The van der Waals surface area contributed by atoms with Crippen LogP contribution < -0.4 is 10.0 Å². The topological polar surface area (TPSA) is 58.2 Å². The second-order valence-corrected chi connectivity index (χ2v) is 2.14. The van der Waals surface area contributed by atoms with E-state index in [1.165, 1.54) is 0 Å². The third kappa shape index (κ3) is 22.6. The van der Waals surface area contributed by atoms with Crippen molar-refractivity contribution in [2.45, 2.75) is 26.7 Å². The summed E-state index contributed by atoms with van der Waals surface area (Å²) in [7, 11) is 1.63. The molecule has 7 heteroatoms. The fourth-order valence-corrected chi connectivity index (χ4v) is 0.414. The smallest absolute Gasteiger partial charge is 0.229 e. The molecule has 0 unspecified atom stereocenters. The Labute approximate surface area is 100 Å². The van der Waals surface area contributed by atoms with E-state index in [9.17, 15) is 9.59 Å². The van der Waals surface area contributed by atoms with Crippen molar-refractivity contribution in [2.75, 3.05) is 7.05 Å². The molecule has 0 bridgehead atoms. The molecule has 0 spiro atoms. The number of amides is 2. The molecule has 0 aromatic heterocycles. The largest absolute Gasteiger partial charge is 0.359 e. The van der Waals surface area contributed by atoms with Crippen LogP contribution in [-0.4, -0.2) is 18.9 Å². The predicted octanol–water partition coefficient (Wildman–Crippen LogP) is 0.495. The fourth-order valence-electron chi connectivity index (χ4n) is 0.256. The molecular formula is C7H16N2O2S3. The molecule has 4 nitrogen and oxygen atoms in total. The predicted molar refractivity (Wildman–Crippen MR) is 66.5 cm³/mol. The summed E-state index contributed by atoms with van der Waals surface area (Å²) in [6.07, 6.45) is 1.08. The first-order valence-corrected chi connectivity index (χ1v) is 5.70. The molecule has 2 N–H and O–H groups in total. The molecule has 0 aliphatic heterocycles. The molecule has 0 aliphatic rings. The third-order valence-electron chi connectivity index (χ3n) is 1.05. The van der Waals surface area contributed by atoms with Crippen LogP contribution in [0.25, 0.3) is 0 Å². The summed E-state index contributed by atoms with van der Waals surface area (Å²) in [6.45, 7) is 3.59. The van der Waals surface area contributed by atoms with E-state index in [0.717, 1.165) is 0 Å². The van der Waals surface area contributed by atoms with E-state index in [1.807, 2.05) is 6.92 Å². The van der Waals surface area contributed by atoms with Crippen LogP contribution in [-0.2, 0) is 32.0 Å². The van der Waals surface area contributed by atoms with Crippen LogP contribution in [0.15, 0.2) is 0 Å². The van der Waals surface area contributed by atoms with E-state index in [4.69, 9.17) is 0 Å². The highest BCUT2D eigenvalue weighted by Gasteiger charge is 1.85. The number of rotatable bonds is 2. The van der Waals surface area contributed by atoms with Crippen molar-refractivity contribution < 1.29 is 9.59 Å². The van der Waals surface area contributed by atoms with Gasteiger partial charge < -0.3 is 10.0 Å². The minimum atomic E-state index is -0.0432. The van der Waals surface area contributed by atoms with Crippen LogP contribution in [0.3, 0.4) is 0 Å². The van der Waals surface area contributed by atoms with Crippen LogP contribution in [0, 0.1) is 0 Å². The highest BCUT2D eigenvalue weighted by Crippen LogP contribution is 1.72. The van der Waals surface area contributed by atoms with Gasteiger partial charge in [0.1, 0.15) is 0 Å². The van der Waals surface area contributed by atoms with E-state index in [0.29, 0.717) is 12.8 Å². The lowest BCUT2D eigenvalue weighted by atomic mass is 10.5. The van der Waals surface area contributed by atoms with E-state index in [-0.39, 0.29) is 11.8 Å². The van der Waals surface area contributed by atoms with Crippen molar-refractivity contribution >= 4 is 47.0 Å². The summed E-state index contributed by atoms with van der Waals surface area (Å²) in [5.74, 6) is 0.0494. The first-order valence-electron chi connectivity index (χ1n) is 3.92. The van der Waals surface area contributed by atoms with E-state index < -0.39 is 0 Å². The lowest BCUT2D eigenvalue weighted by Crippen LogP contribution is -2.15. The van der Waals surface area contributed by atoms with Gasteiger partial charge in [-0.25, -0.2) is 0 Å². The first-order chi connectivity index (χ1) is 6.62. The van der Waals surface area contributed by atoms with Crippen LogP contribution in [0.2, 0.25) is 0 Å². The minimum Gasteiger partial charge on any atom is -0.359 e. The molecule has 0 aromatic rings. The zero-order chi connectivity index (χ0) is 12.0. The van der Waals surface area contributed by atoms with Gasteiger partial charge in [0.05, 0.1) is 0 Å². The van der Waals surface area contributed by atoms with Crippen molar-refractivity contribution in [3.63, 3.8) is 0 Å². The number of hydrogen-bond acceptors (Lipinski definition) is 5. The molecule has 84 valence electrons. The minimum absolute atomic E-state index is 0.0432. The zero-order valence-electron chi connectivity index (χ0n) is 8.49. The fraction of sp³-hybridized carbons (Fsp3) is 0.714. The van der Waals surface area contributed by atoms with Gasteiger partial charge in [0.25, 0.3) is 0 Å². The standard InChI is InChI=1S/C4H9NO.C3H7NOS.S2/c1-3-4(6)5-2;1-2-3(5)4-6;1-2/h3H2,1-2H3,(H,5,6);6H,2H2,1H3,(H,4,5);. The van der Waals surface area contributed by atoms with Crippen LogP contribution in [0.5, 0.6) is 0 Å². The van der Waals surface area contributed by atoms with E-state index >= 15 is 0 Å². The Morgan fingerprint density at radius 3 is 1.50 bits per heavy atom. The van der Waals surface area contributed by atoms with Crippen molar-refractivity contribution in [2.24, 2.45) is 0 Å². The molecule has 0 aromatic carbocycles. The molecular weight excluding hydrogens is 240 g/mol. The number of thiol groups is 1. The van der Waals surface area contributed by atoms with Gasteiger partial charge in [0, 0.05) is 42.3 Å². The Balaban J connectivity index is -0.000000147. The van der Waals surface area contributed by atoms with Gasteiger partial charge in [-0.15, -0.1) is 0 Å². The average molecular weight is 256 g/mol. The van der Waals surface area contributed by atoms with Gasteiger partial charge in [-0.3, -0.25) is 9.59 Å². The summed E-state index contributed by atoms with van der Waals surface area (Å²) in [5, 5.41) is 2.48. The summed E-state index contributed by atoms with van der Waals surface area (Å²) >= 11 is 10.8. The van der Waals surface area contributed by atoms with Crippen LogP contribution in [0.1, 0.15) is 26.7 Å². The van der Waals surface area contributed by atoms with E-state index in [1.54, 1.807) is 14.0 Å². The SMILES string of the molecule is CCC(=O)NC.CCC(=O)NS.S=S. The van der Waals surface area contributed by atoms with Gasteiger partial charge >= 0.3 is 0 Å². The molecule has 0 saturated heterocycles. The first kappa shape index (κ1) is 19.3. The van der Waals surface area contributed by atoms with Gasteiger partial charge in [-0.05, 0) is 0 Å². The second kappa shape index (κ2) is 18.5. The quantitative estimate of drug-likeness (QED) is 0.630. The Morgan fingerprint density at radius 1 is 1.14 bits per heavy atom. The summed E-state index contributed by atoms with van der Waals surface area (Å²) < 4.78 is 2.17. The highest BCUT2D eigenvalue weighted by atomic mass is 32.8. The lowest BCUT2D eigenvalue weighted by molar-refractivity contribution is -0.120. The van der Waals surface area contributed by atoms with Gasteiger partial charge in [-0.1, -0.05) is 26.7 Å². The molecule has 0 fully saturated rings. The monoisotopic (exact) mass is 256 g/mol. The Kier molecular flexibility index (Phi) is 25.5. The second-order valence-electron chi connectivity index (χ2n) is 1.92. The van der Waals surface area contributed by atoms with Crippen molar-refractivity contribution in [3.05, 3.63) is 0 Å². The Bertz CT molecular complexity index is 128. The maximum Gasteiger partial charge on any atom is 0.229 e. The van der Waals surface area contributed by atoms with Gasteiger partial charge in [0.15, 0.2) is 0 Å². The highest BCUT2D eigenvalue weighted by molar-refractivity contribution is 8.07. The molecule has 0 radical (unpaired) electrons. The summed E-state index contributed by atoms with van der Waals surface area (Å²) in [6, 6.07) is 0. The molecule has 0 heterocycles. The Morgan fingerprint density at radius 2 is 1.50 bits per heavy atom. The van der Waals surface area contributed by atoms with Crippen molar-refractivity contribution in [3.8, 4) is 0 Å². The lowest BCUT2D eigenvalue weighted by Gasteiger charge is -1.87. The van der Waals surface area contributed by atoms with Crippen LogP contribution in [0.4, 0.5) is 0 Å². The summed E-state index contributed by atoms with van der Waals surface area (Å²) in [4.78, 5) is 20.1. The molecule has 0 rings (SSSR count). The molecule has 0 atom stereocenters. The molecule has 2 amide bonds. The zero-order valence-corrected chi connectivity index (χ0v) is 11.0. The summed E-state index contributed by atoms with van der Waals surface area (Å²) in [5.41, 5.74) is 0. The Hall–Kier alpha value is -0.270. The van der Waals surface area contributed by atoms with Crippen molar-refractivity contribution in [1.82, 2.24) is 10.0 Å². The van der Waals surface area contributed by atoms with Gasteiger partial charge in [0.2, 0.25) is 11.8 Å². The maximum absolute atomic E-state index is 10.1. The number of hydrogen-bond donors (Lipinski definition) is 3. The number of carbonyl (C=O) groups excluding carboxylic acids is 2. The maximum atomic E-state index is 10.1. The molecule has 14 heavy (non-hydrogen) atoms. The molecule has 0 aliphatic carbocycles. The van der Waals surface area contributed by atoms with E-state index in [2.05, 4.69) is 45.2 Å². The average Bonchev–Trinajstić information content (AvgIpc) is 2.30. The third-order valence-corrected chi connectivity index (χ3v) is 1.30. The molecule has 0 saturated carbocycles.